The molecule has 4 nitrogen and oxygen atoms in total. The average molecular weight is 613 g/mol. The van der Waals surface area contributed by atoms with Gasteiger partial charge in [-0.15, -0.1) is 0 Å². The Balaban J connectivity index is 1.14. The summed E-state index contributed by atoms with van der Waals surface area (Å²) in [4.78, 5) is 3.60. The maximum Gasteiger partial charge on any atom is 0.187 e. The van der Waals surface area contributed by atoms with E-state index in [9.17, 15) is 5.26 Å². The van der Waals surface area contributed by atoms with Crippen LogP contribution < -0.4 is 0 Å². The molecule has 0 bridgehead atoms. The zero-order valence-corrected chi connectivity index (χ0v) is 25.6. The van der Waals surface area contributed by atoms with Crippen LogP contribution in [0.2, 0.25) is 0 Å². The number of fused-ring (bicyclic) bond motifs is 6. The van der Waals surface area contributed by atoms with E-state index in [0.717, 1.165) is 88.4 Å². The second kappa shape index (κ2) is 10.9. The molecule has 0 aliphatic heterocycles. The number of furan rings is 2. The summed E-state index contributed by atoms with van der Waals surface area (Å²) >= 11 is 0. The standard InChI is InChI=1S/C44H24N2O2/c1-46-36-13-5-12-33(21-36)30-9-4-11-32(20-30)35-15-17-42-38(23-35)40-24-39-37-22-34(14-16-41(37)47-43(39)25-44(40)48-42)31-10-3-8-29(19-31)28-7-2-6-27(18-28)26-45/h2-25H. The molecule has 7 aromatic carbocycles. The summed E-state index contributed by atoms with van der Waals surface area (Å²) in [6.07, 6.45) is 0. The fourth-order valence-corrected chi connectivity index (χ4v) is 6.69. The van der Waals surface area contributed by atoms with Crippen molar-refractivity contribution in [3.8, 4) is 50.6 Å². The molecule has 0 aliphatic carbocycles. The van der Waals surface area contributed by atoms with E-state index in [4.69, 9.17) is 15.4 Å². The van der Waals surface area contributed by atoms with E-state index in [2.05, 4.69) is 89.8 Å². The van der Waals surface area contributed by atoms with Crippen molar-refractivity contribution >= 4 is 49.6 Å². The molecule has 0 saturated heterocycles. The highest BCUT2D eigenvalue weighted by atomic mass is 16.3. The van der Waals surface area contributed by atoms with Crippen molar-refractivity contribution in [2.75, 3.05) is 0 Å². The van der Waals surface area contributed by atoms with Crippen LogP contribution in [-0.2, 0) is 0 Å². The predicted molar refractivity (Wildman–Crippen MR) is 194 cm³/mol. The van der Waals surface area contributed by atoms with Gasteiger partial charge >= 0.3 is 0 Å². The predicted octanol–water partition coefficient (Wildman–Crippen LogP) is 12.6. The average Bonchev–Trinajstić information content (AvgIpc) is 3.70. The van der Waals surface area contributed by atoms with Crippen LogP contribution in [-0.4, -0.2) is 0 Å². The molecule has 0 fully saturated rings. The third-order valence-electron chi connectivity index (χ3n) is 9.09. The minimum Gasteiger partial charge on any atom is -0.456 e. The molecule has 0 N–H and O–H groups in total. The minimum atomic E-state index is 0.630. The highest BCUT2D eigenvalue weighted by Crippen LogP contribution is 2.40. The Morgan fingerprint density at radius 1 is 0.417 bits per heavy atom. The number of hydrogen-bond donors (Lipinski definition) is 0. The molecule has 4 heteroatoms. The summed E-state index contributed by atoms with van der Waals surface area (Å²) in [6.45, 7) is 7.39. The lowest BCUT2D eigenvalue weighted by Crippen LogP contribution is -1.83. The van der Waals surface area contributed by atoms with Crippen molar-refractivity contribution in [3.63, 3.8) is 0 Å². The fraction of sp³-hybridized carbons (Fsp3) is 0. The fourth-order valence-electron chi connectivity index (χ4n) is 6.69. The topological polar surface area (TPSA) is 54.4 Å². The highest BCUT2D eigenvalue weighted by Gasteiger charge is 2.15. The number of nitriles is 1. The second-order valence-electron chi connectivity index (χ2n) is 12.0. The molecule has 9 aromatic rings. The Hall–Kier alpha value is -6.88. The van der Waals surface area contributed by atoms with E-state index in [-0.39, 0.29) is 0 Å². The number of rotatable bonds is 4. The molecule has 0 atom stereocenters. The number of nitrogens with zero attached hydrogens (tertiary/aromatic N) is 2. The molecule has 222 valence electrons. The van der Waals surface area contributed by atoms with E-state index < -0.39 is 0 Å². The number of hydrogen-bond acceptors (Lipinski definition) is 3. The van der Waals surface area contributed by atoms with Crippen molar-refractivity contribution in [2.45, 2.75) is 0 Å². The Bertz CT molecular complexity index is 2630. The molecule has 2 aromatic heterocycles. The first kappa shape index (κ1) is 27.4. The third kappa shape index (κ3) is 4.60. The van der Waals surface area contributed by atoms with Crippen LogP contribution in [0.4, 0.5) is 5.69 Å². The van der Waals surface area contributed by atoms with Crippen LogP contribution in [0.5, 0.6) is 0 Å². The lowest BCUT2D eigenvalue weighted by molar-refractivity contribution is 0.656. The van der Waals surface area contributed by atoms with Gasteiger partial charge in [0, 0.05) is 27.6 Å². The Labute approximate surface area is 276 Å². The molecular weight excluding hydrogens is 588 g/mol. The molecule has 48 heavy (non-hydrogen) atoms. The zero-order valence-electron chi connectivity index (χ0n) is 25.6. The Morgan fingerprint density at radius 3 is 1.38 bits per heavy atom. The summed E-state index contributed by atoms with van der Waals surface area (Å²) < 4.78 is 12.6. The molecular formula is C44H24N2O2. The normalized spacial score (nSPS) is 11.3. The summed E-state index contributed by atoms with van der Waals surface area (Å²) in [5.74, 6) is 0. The SMILES string of the molecule is [C-]#[N+]c1cccc(-c2cccc(-c3ccc4oc5cc6oc7ccc(-c8cccc(-c9cccc(C#N)c9)c8)cc7c6cc5c4c3)c2)c1. The van der Waals surface area contributed by atoms with Gasteiger partial charge in [-0.05, 0) is 105 Å². The van der Waals surface area contributed by atoms with Crippen molar-refractivity contribution in [1.82, 2.24) is 0 Å². The van der Waals surface area contributed by atoms with Gasteiger partial charge in [-0.1, -0.05) is 78.9 Å². The summed E-state index contributed by atoms with van der Waals surface area (Å²) in [5, 5.41) is 13.5. The molecule has 9 rings (SSSR count). The van der Waals surface area contributed by atoms with E-state index in [1.165, 1.54) is 0 Å². The van der Waals surface area contributed by atoms with Gasteiger partial charge in [-0.25, -0.2) is 4.85 Å². The van der Waals surface area contributed by atoms with Crippen LogP contribution in [0.1, 0.15) is 5.56 Å². The molecule has 0 amide bonds. The van der Waals surface area contributed by atoms with Crippen LogP contribution in [0.15, 0.2) is 154 Å². The van der Waals surface area contributed by atoms with Crippen LogP contribution in [0.25, 0.3) is 93.2 Å². The molecule has 0 spiro atoms. The highest BCUT2D eigenvalue weighted by molar-refractivity contribution is 6.16. The van der Waals surface area contributed by atoms with Gasteiger partial charge in [0.25, 0.3) is 0 Å². The first-order valence-corrected chi connectivity index (χ1v) is 15.7. The van der Waals surface area contributed by atoms with E-state index in [1.807, 2.05) is 66.7 Å². The van der Waals surface area contributed by atoms with Gasteiger partial charge < -0.3 is 8.83 Å². The molecule has 0 unspecified atom stereocenters. The minimum absolute atomic E-state index is 0.630. The van der Waals surface area contributed by atoms with Gasteiger partial charge in [0.05, 0.1) is 18.2 Å². The second-order valence-corrected chi connectivity index (χ2v) is 12.0. The van der Waals surface area contributed by atoms with Gasteiger partial charge in [-0.3, -0.25) is 0 Å². The summed E-state index contributed by atoms with van der Waals surface area (Å²) in [7, 11) is 0. The zero-order chi connectivity index (χ0) is 32.2. The molecule has 0 saturated carbocycles. The summed E-state index contributed by atoms with van der Waals surface area (Å²) in [6, 6.07) is 51.3. The van der Waals surface area contributed by atoms with Crippen LogP contribution >= 0.6 is 0 Å². The van der Waals surface area contributed by atoms with Crippen molar-refractivity contribution < 1.29 is 8.83 Å². The van der Waals surface area contributed by atoms with Gasteiger partial charge in [0.15, 0.2) is 5.69 Å². The maximum absolute atomic E-state index is 9.38. The molecule has 2 heterocycles. The monoisotopic (exact) mass is 612 g/mol. The summed E-state index contributed by atoms with van der Waals surface area (Å²) in [5.41, 5.74) is 13.0. The van der Waals surface area contributed by atoms with E-state index in [0.29, 0.717) is 11.3 Å². The molecule has 0 radical (unpaired) electrons. The van der Waals surface area contributed by atoms with Crippen molar-refractivity contribution in [3.05, 3.63) is 163 Å². The van der Waals surface area contributed by atoms with Gasteiger partial charge in [0.1, 0.15) is 22.3 Å². The molecule has 0 aliphatic rings. The Morgan fingerprint density at radius 2 is 0.854 bits per heavy atom. The first-order valence-electron chi connectivity index (χ1n) is 15.7. The number of benzene rings is 7. The van der Waals surface area contributed by atoms with Gasteiger partial charge in [-0.2, -0.15) is 5.26 Å². The largest absolute Gasteiger partial charge is 0.456 e. The van der Waals surface area contributed by atoms with E-state index in [1.54, 1.807) is 0 Å². The van der Waals surface area contributed by atoms with Crippen LogP contribution in [0, 0.1) is 17.9 Å². The van der Waals surface area contributed by atoms with Gasteiger partial charge in [0.2, 0.25) is 0 Å². The third-order valence-corrected chi connectivity index (χ3v) is 9.09. The lowest BCUT2D eigenvalue weighted by Gasteiger charge is -2.07. The van der Waals surface area contributed by atoms with Crippen molar-refractivity contribution in [2.24, 2.45) is 0 Å². The first-order chi connectivity index (χ1) is 23.6. The maximum atomic E-state index is 9.38. The van der Waals surface area contributed by atoms with Crippen molar-refractivity contribution in [1.29, 1.82) is 5.26 Å². The van der Waals surface area contributed by atoms with Crippen LogP contribution in [0.3, 0.4) is 0 Å². The lowest BCUT2D eigenvalue weighted by atomic mass is 9.97. The quantitative estimate of drug-likeness (QED) is 0.186. The smallest absolute Gasteiger partial charge is 0.187 e. The Kier molecular flexibility index (Phi) is 6.22. The van der Waals surface area contributed by atoms with E-state index >= 15 is 0 Å².